The predicted octanol–water partition coefficient (Wildman–Crippen LogP) is 3.00. The zero-order valence-corrected chi connectivity index (χ0v) is 18.1. The van der Waals surface area contributed by atoms with Crippen LogP contribution in [0.5, 0.6) is 0 Å². The van der Waals surface area contributed by atoms with Gasteiger partial charge in [0.05, 0.1) is 18.2 Å². The molecule has 0 spiro atoms. The van der Waals surface area contributed by atoms with E-state index in [0.717, 1.165) is 23.3 Å². The molecule has 2 amide bonds. The summed E-state index contributed by atoms with van der Waals surface area (Å²) in [6.07, 6.45) is 6.84. The maximum atomic E-state index is 14.1. The average molecular weight is 447 g/mol. The Morgan fingerprint density at radius 1 is 1.26 bits per heavy atom. The van der Waals surface area contributed by atoms with E-state index in [2.05, 4.69) is 15.3 Å². The van der Waals surface area contributed by atoms with Crippen LogP contribution in [0.1, 0.15) is 37.3 Å². The number of carbonyl (C=O) groups excluding carboxylic acids is 2. The van der Waals surface area contributed by atoms with Gasteiger partial charge < -0.3 is 10.1 Å². The summed E-state index contributed by atoms with van der Waals surface area (Å²) in [5.41, 5.74) is -2.35. The number of aromatic nitrogens is 2. The number of aryl methyl sites for hydroxylation is 1. The van der Waals surface area contributed by atoms with E-state index in [0.29, 0.717) is 17.7 Å². The average Bonchev–Trinajstić information content (AvgIpc) is 3.38. The molecule has 0 aliphatic carbocycles. The Bertz CT molecular complexity index is 959. The predicted molar refractivity (Wildman–Crippen MR) is 113 cm³/mol. The molecule has 1 aromatic heterocycles. The fourth-order valence-corrected chi connectivity index (χ4v) is 4.51. The minimum absolute atomic E-state index is 0.0595. The van der Waals surface area contributed by atoms with Crippen LogP contribution in [0, 0.1) is 6.92 Å². The number of ether oxygens (including phenoxy) is 1. The van der Waals surface area contributed by atoms with Crippen LogP contribution in [0.3, 0.4) is 0 Å². The van der Waals surface area contributed by atoms with Crippen molar-refractivity contribution in [1.82, 2.24) is 15.3 Å². The summed E-state index contributed by atoms with van der Waals surface area (Å²) in [4.78, 5) is 35.8. The van der Waals surface area contributed by atoms with Gasteiger partial charge in [0, 0.05) is 23.6 Å². The Kier molecular flexibility index (Phi) is 5.94. The molecule has 3 heterocycles. The van der Waals surface area contributed by atoms with Crippen molar-refractivity contribution >= 4 is 29.1 Å². The number of hydrogen-bond acceptors (Lipinski definition) is 5. The van der Waals surface area contributed by atoms with Crippen molar-refractivity contribution in [2.45, 2.75) is 62.5 Å². The molecule has 2 bridgehead atoms. The van der Waals surface area contributed by atoms with E-state index >= 15 is 0 Å². The summed E-state index contributed by atoms with van der Waals surface area (Å²) >= 11 is 5.58. The zero-order valence-electron chi connectivity index (χ0n) is 17.3. The third-order valence-corrected chi connectivity index (χ3v) is 6.32. The van der Waals surface area contributed by atoms with Crippen molar-refractivity contribution < 1.29 is 18.7 Å². The number of alkyl halides is 2. The molecule has 9 heteroatoms. The highest BCUT2D eigenvalue weighted by molar-refractivity contribution is 6.32. The number of nitrogens with zero attached hydrogens (tertiary/aromatic N) is 3. The van der Waals surface area contributed by atoms with Crippen molar-refractivity contribution in [3.63, 3.8) is 0 Å². The first-order valence-electron chi connectivity index (χ1n) is 10.2. The zero-order chi connectivity index (χ0) is 22.2. The van der Waals surface area contributed by atoms with Crippen LogP contribution >= 0.6 is 11.6 Å². The monoisotopic (exact) mass is 446 g/mol. The van der Waals surface area contributed by atoms with E-state index < -0.39 is 23.0 Å². The molecule has 0 radical (unpaired) electrons. The topological polar surface area (TPSA) is 84.4 Å². The van der Waals surface area contributed by atoms with Crippen LogP contribution in [0.2, 0.25) is 0 Å². The SMILES string of the molecule is Cc1ccc(N(C(=O)[C@H](F)Cl)[C@@](C)(C(=O)N[C@@H]2C[C@@H]3CC[C@H]2O3)c2cncnc2)cc1. The molecule has 2 aromatic rings. The fraction of sp³-hybridized carbons (Fsp3) is 0.455. The molecule has 1 aromatic carbocycles. The van der Waals surface area contributed by atoms with E-state index in [1.54, 1.807) is 31.2 Å². The molecule has 164 valence electrons. The van der Waals surface area contributed by atoms with Crippen LogP contribution in [0.15, 0.2) is 43.0 Å². The lowest BCUT2D eigenvalue weighted by Gasteiger charge is -2.41. The van der Waals surface area contributed by atoms with Crippen molar-refractivity contribution in [3.05, 3.63) is 54.1 Å². The highest BCUT2D eigenvalue weighted by Gasteiger charge is 2.49. The van der Waals surface area contributed by atoms with Gasteiger partial charge in [0.2, 0.25) is 0 Å². The van der Waals surface area contributed by atoms with E-state index in [1.807, 2.05) is 6.92 Å². The molecule has 2 aliphatic heterocycles. The maximum absolute atomic E-state index is 14.1. The van der Waals surface area contributed by atoms with E-state index in [1.165, 1.54) is 18.7 Å². The second-order valence-corrected chi connectivity index (χ2v) is 8.58. The lowest BCUT2D eigenvalue weighted by Crippen LogP contribution is -2.60. The quantitative estimate of drug-likeness (QED) is 0.689. The van der Waals surface area contributed by atoms with E-state index in [4.69, 9.17) is 16.3 Å². The standard InChI is InChI=1S/C22H24ClFN4O3/c1-13-3-5-15(6-4-13)28(20(29)19(23)24)22(2,14-10-25-12-26-11-14)21(30)27-17-9-16-7-8-18(17)31-16/h3-6,10-12,16-19H,7-9H2,1-2H3,(H,27,30)/t16-,17+,18+,19-,22+/m0/s1. The molecule has 2 aliphatic rings. The smallest absolute Gasteiger partial charge is 0.278 e. The lowest BCUT2D eigenvalue weighted by molar-refractivity contribution is -0.132. The number of nitrogens with one attached hydrogen (secondary N) is 1. The Hall–Kier alpha value is -2.58. The van der Waals surface area contributed by atoms with Crippen LogP contribution in [-0.4, -0.2) is 45.7 Å². The minimum Gasteiger partial charge on any atom is -0.373 e. The number of amides is 2. The summed E-state index contributed by atoms with van der Waals surface area (Å²) < 4.78 is 20.0. The molecule has 4 rings (SSSR count). The summed E-state index contributed by atoms with van der Waals surface area (Å²) in [6.45, 7) is 3.44. The molecule has 31 heavy (non-hydrogen) atoms. The summed E-state index contributed by atoms with van der Waals surface area (Å²) in [5.74, 6) is -1.52. The number of anilines is 1. The van der Waals surface area contributed by atoms with Gasteiger partial charge in [-0.05, 0) is 45.2 Å². The first kappa shape index (κ1) is 21.6. The largest absolute Gasteiger partial charge is 0.373 e. The van der Waals surface area contributed by atoms with Gasteiger partial charge >= 0.3 is 0 Å². The van der Waals surface area contributed by atoms with Gasteiger partial charge in [-0.2, -0.15) is 0 Å². The van der Waals surface area contributed by atoms with Gasteiger partial charge in [-0.3, -0.25) is 14.5 Å². The number of carbonyl (C=O) groups is 2. The van der Waals surface area contributed by atoms with Crippen LogP contribution < -0.4 is 10.2 Å². The van der Waals surface area contributed by atoms with Gasteiger partial charge in [-0.15, -0.1) is 0 Å². The Labute approximate surface area is 185 Å². The second-order valence-electron chi connectivity index (χ2n) is 8.20. The number of benzene rings is 1. The third-order valence-electron chi connectivity index (χ3n) is 6.13. The highest BCUT2D eigenvalue weighted by Crippen LogP contribution is 2.38. The van der Waals surface area contributed by atoms with Crippen LogP contribution in [0.4, 0.5) is 10.1 Å². The number of fused-ring (bicyclic) bond motifs is 2. The Morgan fingerprint density at radius 2 is 1.94 bits per heavy atom. The normalized spacial score (nSPS) is 25.0. The number of hydrogen-bond donors (Lipinski definition) is 1. The van der Waals surface area contributed by atoms with Gasteiger partial charge in [0.25, 0.3) is 17.4 Å². The molecular weight excluding hydrogens is 423 g/mol. The van der Waals surface area contributed by atoms with Crippen molar-refractivity contribution in [2.75, 3.05) is 4.90 Å². The third kappa shape index (κ3) is 4.02. The molecule has 5 atom stereocenters. The number of halogens is 2. The van der Waals surface area contributed by atoms with Gasteiger partial charge in [-0.1, -0.05) is 29.3 Å². The van der Waals surface area contributed by atoms with Gasteiger partial charge in [-0.25, -0.2) is 14.4 Å². The lowest BCUT2D eigenvalue weighted by atomic mass is 9.88. The van der Waals surface area contributed by atoms with Crippen LogP contribution in [-0.2, 0) is 19.9 Å². The van der Waals surface area contributed by atoms with Crippen molar-refractivity contribution in [2.24, 2.45) is 0 Å². The molecular formula is C22H24ClFN4O3. The van der Waals surface area contributed by atoms with E-state index in [9.17, 15) is 14.0 Å². The molecule has 2 saturated heterocycles. The molecule has 2 fully saturated rings. The first-order valence-corrected chi connectivity index (χ1v) is 10.6. The first-order chi connectivity index (χ1) is 14.8. The molecule has 7 nitrogen and oxygen atoms in total. The second kappa shape index (κ2) is 8.51. The molecule has 0 unspecified atom stereocenters. The van der Waals surface area contributed by atoms with E-state index in [-0.39, 0.29) is 18.2 Å². The number of rotatable bonds is 6. The fourth-order valence-electron chi connectivity index (χ4n) is 4.41. The van der Waals surface area contributed by atoms with Gasteiger partial charge in [0.1, 0.15) is 6.33 Å². The maximum Gasteiger partial charge on any atom is 0.278 e. The van der Waals surface area contributed by atoms with Gasteiger partial charge in [0.15, 0.2) is 5.54 Å². The molecule has 0 saturated carbocycles. The molecule has 1 N–H and O–H groups in total. The van der Waals surface area contributed by atoms with Crippen molar-refractivity contribution in [3.8, 4) is 0 Å². The summed E-state index contributed by atoms with van der Waals surface area (Å²) in [5, 5.41) is 3.03. The van der Waals surface area contributed by atoms with Crippen molar-refractivity contribution in [1.29, 1.82) is 0 Å². The highest BCUT2D eigenvalue weighted by atomic mass is 35.5. The Morgan fingerprint density at radius 3 is 2.48 bits per heavy atom. The Balaban J connectivity index is 1.78. The van der Waals surface area contributed by atoms with Crippen LogP contribution in [0.25, 0.3) is 0 Å². The summed E-state index contributed by atoms with van der Waals surface area (Å²) in [7, 11) is 0. The summed E-state index contributed by atoms with van der Waals surface area (Å²) in [6, 6.07) is 6.69. The minimum atomic E-state index is -2.33.